The molecule has 5 N–H and O–H groups in total. The average molecular weight is 353 g/mol. The molecule has 0 saturated carbocycles. The number of carboxylic acid groups (broad SMARTS) is 1. The van der Waals surface area contributed by atoms with E-state index < -0.39 is 5.97 Å². The van der Waals surface area contributed by atoms with Crippen LogP contribution in [0.15, 0.2) is 46.9 Å². The fourth-order valence-electron chi connectivity index (χ4n) is 2.39. The Morgan fingerprint density at radius 3 is 2.23 bits per heavy atom. The van der Waals surface area contributed by atoms with E-state index in [0.717, 1.165) is 0 Å². The molecule has 0 radical (unpaired) electrons. The molecule has 26 heavy (non-hydrogen) atoms. The molecule has 8 nitrogen and oxygen atoms in total. The highest BCUT2D eigenvalue weighted by molar-refractivity contribution is 5.88. The molecule has 1 aromatic heterocycles. The van der Waals surface area contributed by atoms with Crippen molar-refractivity contribution in [3.8, 4) is 22.9 Å². The summed E-state index contributed by atoms with van der Waals surface area (Å²) in [6, 6.07) is 11.6. The van der Waals surface area contributed by atoms with E-state index in [2.05, 4.69) is 10.2 Å². The SMILES string of the molecule is CC(C)N(N)c1cc(-c2nnc(-c3ccc(C(=O)O)cc3)o2)ccc1N. The molecule has 0 unspecified atom stereocenters. The van der Waals surface area contributed by atoms with Gasteiger partial charge in [0.05, 0.1) is 16.9 Å². The number of carbonyl (C=O) groups is 1. The summed E-state index contributed by atoms with van der Waals surface area (Å²) in [6.45, 7) is 3.91. The van der Waals surface area contributed by atoms with Gasteiger partial charge in [0.15, 0.2) is 0 Å². The van der Waals surface area contributed by atoms with Crippen molar-refractivity contribution >= 4 is 17.3 Å². The number of hydrazine groups is 1. The van der Waals surface area contributed by atoms with E-state index in [1.807, 2.05) is 13.8 Å². The smallest absolute Gasteiger partial charge is 0.335 e. The van der Waals surface area contributed by atoms with Crippen molar-refractivity contribution in [1.82, 2.24) is 10.2 Å². The van der Waals surface area contributed by atoms with Crippen LogP contribution in [0.3, 0.4) is 0 Å². The van der Waals surface area contributed by atoms with Crippen molar-refractivity contribution in [3.05, 3.63) is 48.0 Å². The van der Waals surface area contributed by atoms with Crippen LogP contribution in [0.4, 0.5) is 11.4 Å². The van der Waals surface area contributed by atoms with Crippen LogP contribution in [0.25, 0.3) is 22.9 Å². The Labute approximate surface area is 150 Å². The molecular formula is C18H19N5O3. The van der Waals surface area contributed by atoms with Crippen LogP contribution < -0.4 is 16.6 Å². The second-order valence-electron chi connectivity index (χ2n) is 6.07. The van der Waals surface area contributed by atoms with E-state index in [1.54, 1.807) is 35.3 Å². The fourth-order valence-corrected chi connectivity index (χ4v) is 2.39. The first-order valence-corrected chi connectivity index (χ1v) is 7.98. The molecule has 1 heterocycles. The van der Waals surface area contributed by atoms with E-state index in [9.17, 15) is 4.79 Å². The number of nitrogens with zero attached hydrogens (tertiary/aromatic N) is 3. The standard InChI is InChI=1S/C18H19N5O3/c1-10(2)23(20)15-9-13(7-8-14(15)19)17-22-21-16(26-17)11-3-5-12(6-4-11)18(24)25/h3-10H,19-20H2,1-2H3,(H,24,25). The number of hydrogen-bond acceptors (Lipinski definition) is 7. The van der Waals surface area contributed by atoms with Gasteiger partial charge in [0.25, 0.3) is 0 Å². The zero-order valence-electron chi connectivity index (χ0n) is 14.4. The van der Waals surface area contributed by atoms with E-state index in [4.69, 9.17) is 21.1 Å². The molecule has 0 atom stereocenters. The lowest BCUT2D eigenvalue weighted by Gasteiger charge is -2.24. The minimum Gasteiger partial charge on any atom is -0.478 e. The van der Waals surface area contributed by atoms with Gasteiger partial charge < -0.3 is 20.3 Å². The Balaban J connectivity index is 1.92. The number of hydrogen-bond donors (Lipinski definition) is 3. The lowest BCUT2D eigenvalue weighted by Crippen LogP contribution is -2.37. The van der Waals surface area contributed by atoms with Crippen LogP contribution in [0.5, 0.6) is 0 Å². The molecule has 0 fully saturated rings. The molecular weight excluding hydrogens is 334 g/mol. The molecule has 0 spiro atoms. The van der Waals surface area contributed by atoms with Gasteiger partial charge in [0, 0.05) is 17.2 Å². The van der Waals surface area contributed by atoms with Gasteiger partial charge in [-0.15, -0.1) is 10.2 Å². The maximum atomic E-state index is 10.9. The normalized spacial score (nSPS) is 10.9. The van der Waals surface area contributed by atoms with Gasteiger partial charge >= 0.3 is 5.97 Å². The van der Waals surface area contributed by atoms with Gasteiger partial charge in [-0.05, 0) is 56.3 Å². The highest BCUT2D eigenvalue weighted by Crippen LogP contribution is 2.30. The third-order valence-electron chi connectivity index (χ3n) is 3.92. The number of rotatable bonds is 5. The quantitative estimate of drug-likeness (QED) is 0.362. The summed E-state index contributed by atoms with van der Waals surface area (Å²) >= 11 is 0. The summed E-state index contributed by atoms with van der Waals surface area (Å²) in [5.41, 5.74) is 8.73. The number of benzene rings is 2. The Morgan fingerprint density at radius 2 is 1.65 bits per heavy atom. The fraction of sp³-hybridized carbons (Fsp3) is 0.167. The molecule has 0 amide bonds. The molecule has 8 heteroatoms. The predicted octanol–water partition coefficient (Wildman–Crippen LogP) is 2.77. The lowest BCUT2D eigenvalue weighted by atomic mass is 10.1. The Hall–Kier alpha value is -3.39. The third kappa shape index (κ3) is 3.35. The van der Waals surface area contributed by atoms with E-state index >= 15 is 0 Å². The molecule has 0 aliphatic rings. The number of carboxylic acids is 1. The first kappa shape index (κ1) is 17.4. The third-order valence-corrected chi connectivity index (χ3v) is 3.92. The summed E-state index contributed by atoms with van der Waals surface area (Å²) < 4.78 is 5.72. The topological polar surface area (TPSA) is 132 Å². The minimum atomic E-state index is -0.992. The first-order valence-electron chi connectivity index (χ1n) is 7.98. The van der Waals surface area contributed by atoms with Crippen molar-refractivity contribution in [2.75, 3.05) is 10.7 Å². The van der Waals surface area contributed by atoms with Gasteiger partial charge in [-0.1, -0.05) is 0 Å². The first-order chi connectivity index (χ1) is 12.4. The number of nitrogen functional groups attached to an aromatic ring is 1. The van der Waals surface area contributed by atoms with Gasteiger partial charge in [0.2, 0.25) is 11.8 Å². The van der Waals surface area contributed by atoms with E-state index in [1.165, 1.54) is 12.1 Å². The zero-order valence-corrected chi connectivity index (χ0v) is 14.4. The number of aromatic carboxylic acids is 1. The molecule has 3 rings (SSSR count). The predicted molar refractivity (Wildman–Crippen MR) is 98.3 cm³/mol. The van der Waals surface area contributed by atoms with Gasteiger partial charge in [-0.25, -0.2) is 10.6 Å². The Kier molecular flexibility index (Phi) is 4.59. The molecule has 0 bridgehead atoms. The van der Waals surface area contributed by atoms with Gasteiger partial charge in [-0.3, -0.25) is 0 Å². The second kappa shape index (κ2) is 6.85. The van der Waals surface area contributed by atoms with Gasteiger partial charge in [-0.2, -0.15) is 0 Å². The highest BCUT2D eigenvalue weighted by atomic mass is 16.4. The highest BCUT2D eigenvalue weighted by Gasteiger charge is 2.15. The molecule has 134 valence electrons. The van der Waals surface area contributed by atoms with E-state index in [-0.39, 0.29) is 11.6 Å². The van der Waals surface area contributed by atoms with Gasteiger partial charge in [0.1, 0.15) is 0 Å². The monoisotopic (exact) mass is 353 g/mol. The second-order valence-corrected chi connectivity index (χ2v) is 6.07. The molecule has 3 aromatic rings. The van der Waals surface area contributed by atoms with Crippen LogP contribution in [0.1, 0.15) is 24.2 Å². The molecule has 0 saturated heterocycles. The lowest BCUT2D eigenvalue weighted by molar-refractivity contribution is 0.0697. The van der Waals surface area contributed by atoms with Crippen LogP contribution in [0, 0.1) is 0 Å². The summed E-state index contributed by atoms with van der Waals surface area (Å²) in [5, 5.41) is 18.6. The van der Waals surface area contributed by atoms with E-state index in [0.29, 0.717) is 34.3 Å². The Morgan fingerprint density at radius 1 is 1.08 bits per heavy atom. The largest absolute Gasteiger partial charge is 0.478 e. The van der Waals surface area contributed by atoms with Crippen molar-refractivity contribution < 1.29 is 14.3 Å². The van der Waals surface area contributed by atoms with Crippen molar-refractivity contribution in [1.29, 1.82) is 0 Å². The molecule has 2 aromatic carbocycles. The summed E-state index contributed by atoms with van der Waals surface area (Å²) in [4.78, 5) is 10.9. The minimum absolute atomic E-state index is 0.0681. The van der Waals surface area contributed by atoms with Crippen LogP contribution in [-0.4, -0.2) is 27.3 Å². The maximum Gasteiger partial charge on any atom is 0.335 e. The maximum absolute atomic E-state index is 10.9. The molecule has 0 aliphatic carbocycles. The Bertz CT molecular complexity index is 934. The zero-order chi connectivity index (χ0) is 18.8. The van der Waals surface area contributed by atoms with Crippen LogP contribution >= 0.6 is 0 Å². The summed E-state index contributed by atoms with van der Waals surface area (Å²) in [6.07, 6.45) is 0. The van der Waals surface area contributed by atoms with Crippen molar-refractivity contribution in [2.45, 2.75) is 19.9 Å². The van der Waals surface area contributed by atoms with Crippen LogP contribution in [-0.2, 0) is 0 Å². The van der Waals surface area contributed by atoms with Crippen molar-refractivity contribution in [2.24, 2.45) is 5.84 Å². The summed E-state index contributed by atoms with van der Waals surface area (Å²) in [7, 11) is 0. The van der Waals surface area contributed by atoms with Crippen molar-refractivity contribution in [3.63, 3.8) is 0 Å². The molecule has 0 aliphatic heterocycles. The number of anilines is 2. The average Bonchev–Trinajstić information content (AvgIpc) is 3.11. The number of nitrogens with two attached hydrogens (primary N) is 2. The van der Waals surface area contributed by atoms with Crippen LogP contribution in [0.2, 0.25) is 0 Å². The number of aromatic nitrogens is 2. The summed E-state index contributed by atoms with van der Waals surface area (Å²) in [5.74, 6) is 5.68.